The van der Waals surface area contributed by atoms with E-state index in [1.807, 2.05) is 42.5 Å². The van der Waals surface area contributed by atoms with Gasteiger partial charge in [0.05, 0.1) is 0 Å². The average molecular weight is 347 g/mol. The summed E-state index contributed by atoms with van der Waals surface area (Å²) in [4.78, 5) is 27.1. The maximum Gasteiger partial charge on any atom is 0.272 e. The Morgan fingerprint density at radius 1 is 1.08 bits per heavy atom. The Morgan fingerprint density at radius 3 is 2.58 bits per heavy atom. The Morgan fingerprint density at radius 2 is 1.85 bits per heavy atom. The number of pyridine rings is 1. The first-order chi connectivity index (χ1) is 12.6. The van der Waals surface area contributed by atoms with Crippen molar-refractivity contribution in [1.29, 1.82) is 0 Å². The van der Waals surface area contributed by atoms with Gasteiger partial charge in [0.25, 0.3) is 5.91 Å². The van der Waals surface area contributed by atoms with Crippen LogP contribution in [0, 0.1) is 6.92 Å². The molecule has 3 aromatic rings. The van der Waals surface area contributed by atoms with Crippen molar-refractivity contribution >= 4 is 11.7 Å². The van der Waals surface area contributed by atoms with E-state index in [2.05, 4.69) is 20.3 Å². The topological polar surface area (TPSA) is 71.0 Å². The summed E-state index contributed by atoms with van der Waals surface area (Å²) < 4.78 is 0. The number of nitrogens with zero attached hydrogens (tertiary/aromatic N) is 4. The summed E-state index contributed by atoms with van der Waals surface area (Å²) >= 11 is 0. The second kappa shape index (κ2) is 8.20. The number of aromatic nitrogens is 3. The third-order valence-corrected chi connectivity index (χ3v) is 3.86. The van der Waals surface area contributed by atoms with E-state index in [9.17, 15) is 4.79 Å². The highest BCUT2D eigenvalue weighted by Gasteiger charge is 2.15. The van der Waals surface area contributed by atoms with Gasteiger partial charge in [-0.2, -0.15) is 0 Å². The molecule has 1 amide bonds. The number of carbonyl (C=O) groups excluding carboxylic acids is 1. The third-order valence-electron chi connectivity index (χ3n) is 3.86. The fourth-order valence-electron chi connectivity index (χ4n) is 2.59. The van der Waals surface area contributed by atoms with Crippen molar-refractivity contribution in [2.24, 2.45) is 0 Å². The summed E-state index contributed by atoms with van der Waals surface area (Å²) in [6, 6.07) is 15.4. The van der Waals surface area contributed by atoms with Gasteiger partial charge in [-0.15, -0.1) is 0 Å². The molecule has 26 heavy (non-hydrogen) atoms. The highest BCUT2D eigenvalue weighted by atomic mass is 16.2. The van der Waals surface area contributed by atoms with Crippen LogP contribution in [0.5, 0.6) is 0 Å². The Balaban J connectivity index is 1.70. The van der Waals surface area contributed by atoms with E-state index in [1.165, 1.54) is 0 Å². The van der Waals surface area contributed by atoms with E-state index in [0.717, 1.165) is 11.1 Å². The van der Waals surface area contributed by atoms with Gasteiger partial charge in [-0.25, -0.2) is 9.97 Å². The molecular weight excluding hydrogens is 326 g/mol. The molecule has 0 aliphatic rings. The lowest BCUT2D eigenvalue weighted by atomic mass is 10.2. The minimum atomic E-state index is -0.135. The molecule has 132 valence electrons. The smallest absolute Gasteiger partial charge is 0.272 e. The molecule has 0 bridgehead atoms. The number of hydrogen-bond acceptors (Lipinski definition) is 5. The van der Waals surface area contributed by atoms with Crippen LogP contribution >= 0.6 is 0 Å². The molecule has 1 N–H and O–H groups in total. The first-order valence-corrected chi connectivity index (χ1v) is 8.39. The van der Waals surface area contributed by atoms with Gasteiger partial charge < -0.3 is 10.2 Å². The van der Waals surface area contributed by atoms with Crippen LogP contribution in [0.4, 0.5) is 5.82 Å². The van der Waals surface area contributed by atoms with Gasteiger partial charge in [0.15, 0.2) is 0 Å². The number of amides is 1. The molecule has 0 saturated carbocycles. The lowest BCUT2D eigenvalue weighted by Crippen LogP contribution is -2.27. The van der Waals surface area contributed by atoms with Crippen molar-refractivity contribution in [1.82, 2.24) is 19.9 Å². The van der Waals surface area contributed by atoms with Gasteiger partial charge in [0, 0.05) is 38.6 Å². The molecule has 2 aromatic heterocycles. The van der Waals surface area contributed by atoms with Crippen LogP contribution in [-0.2, 0) is 13.1 Å². The molecule has 0 radical (unpaired) electrons. The standard InChI is InChI=1S/C20H21N5O/c1-15-23-18(20(26)25(2)14-16-7-4-3-5-8-16)11-19(24-15)22-13-17-9-6-10-21-12-17/h3-12H,13-14H2,1-2H3,(H,22,23,24). The molecular formula is C20H21N5O. The zero-order chi connectivity index (χ0) is 18.4. The Labute approximate surface area is 153 Å². The van der Waals surface area contributed by atoms with Gasteiger partial charge in [-0.05, 0) is 24.1 Å². The summed E-state index contributed by atoms with van der Waals surface area (Å²) in [5.41, 5.74) is 2.49. The Bertz CT molecular complexity index is 868. The fourth-order valence-corrected chi connectivity index (χ4v) is 2.59. The molecule has 3 rings (SSSR count). The van der Waals surface area contributed by atoms with Crippen LogP contribution in [0.3, 0.4) is 0 Å². The number of carbonyl (C=O) groups is 1. The first kappa shape index (κ1) is 17.5. The highest BCUT2D eigenvalue weighted by molar-refractivity contribution is 5.92. The summed E-state index contributed by atoms with van der Waals surface area (Å²) in [5.74, 6) is 1.04. The van der Waals surface area contributed by atoms with Crippen molar-refractivity contribution < 1.29 is 4.79 Å². The number of anilines is 1. The minimum absolute atomic E-state index is 0.135. The molecule has 0 aliphatic carbocycles. The summed E-state index contributed by atoms with van der Waals surface area (Å²) in [6.07, 6.45) is 3.53. The number of hydrogen-bond donors (Lipinski definition) is 1. The van der Waals surface area contributed by atoms with E-state index in [4.69, 9.17) is 0 Å². The molecule has 0 aliphatic heterocycles. The van der Waals surface area contributed by atoms with Crippen molar-refractivity contribution in [3.05, 3.63) is 83.6 Å². The molecule has 0 saturated heterocycles. The van der Waals surface area contributed by atoms with Crippen LogP contribution in [-0.4, -0.2) is 32.8 Å². The summed E-state index contributed by atoms with van der Waals surface area (Å²) in [5, 5.41) is 3.22. The van der Waals surface area contributed by atoms with Gasteiger partial charge in [0.2, 0.25) is 0 Å². The zero-order valence-corrected chi connectivity index (χ0v) is 14.9. The number of benzene rings is 1. The normalized spacial score (nSPS) is 10.4. The van der Waals surface area contributed by atoms with E-state index in [1.54, 1.807) is 37.3 Å². The zero-order valence-electron chi connectivity index (χ0n) is 14.9. The summed E-state index contributed by atoms with van der Waals surface area (Å²) in [7, 11) is 1.77. The molecule has 0 spiro atoms. The second-order valence-corrected chi connectivity index (χ2v) is 6.05. The van der Waals surface area contributed by atoms with Crippen LogP contribution < -0.4 is 5.32 Å². The van der Waals surface area contributed by atoms with E-state index in [-0.39, 0.29) is 5.91 Å². The molecule has 0 unspecified atom stereocenters. The van der Waals surface area contributed by atoms with E-state index < -0.39 is 0 Å². The van der Waals surface area contributed by atoms with Crippen LogP contribution in [0.1, 0.15) is 27.4 Å². The maximum atomic E-state index is 12.7. The van der Waals surface area contributed by atoms with Gasteiger partial charge in [0.1, 0.15) is 17.3 Å². The monoisotopic (exact) mass is 347 g/mol. The first-order valence-electron chi connectivity index (χ1n) is 8.39. The molecule has 6 nitrogen and oxygen atoms in total. The average Bonchev–Trinajstić information content (AvgIpc) is 2.67. The molecule has 1 aromatic carbocycles. The molecule has 6 heteroatoms. The van der Waals surface area contributed by atoms with Crippen molar-refractivity contribution in [2.45, 2.75) is 20.0 Å². The Hall–Kier alpha value is -3.28. The predicted octanol–water partition coefficient (Wildman–Crippen LogP) is 3.06. The number of rotatable bonds is 6. The van der Waals surface area contributed by atoms with Crippen LogP contribution in [0.2, 0.25) is 0 Å². The van der Waals surface area contributed by atoms with Gasteiger partial charge >= 0.3 is 0 Å². The predicted molar refractivity (Wildman–Crippen MR) is 101 cm³/mol. The molecule has 2 heterocycles. The minimum Gasteiger partial charge on any atom is -0.366 e. The van der Waals surface area contributed by atoms with Crippen molar-refractivity contribution in [2.75, 3.05) is 12.4 Å². The van der Waals surface area contributed by atoms with Crippen molar-refractivity contribution in [3.8, 4) is 0 Å². The van der Waals surface area contributed by atoms with Crippen molar-refractivity contribution in [3.63, 3.8) is 0 Å². The largest absolute Gasteiger partial charge is 0.366 e. The van der Waals surface area contributed by atoms with Crippen LogP contribution in [0.25, 0.3) is 0 Å². The molecule has 0 atom stereocenters. The lowest BCUT2D eigenvalue weighted by Gasteiger charge is -2.17. The lowest BCUT2D eigenvalue weighted by molar-refractivity contribution is 0.0779. The molecule has 0 fully saturated rings. The van der Waals surface area contributed by atoms with E-state index >= 15 is 0 Å². The van der Waals surface area contributed by atoms with Gasteiger partial charge in [-0.3, -0.25) is 9.78 Å². The maximum absolute atomic E-state index is 12.7. The Kier molecular flexibility index (Phi) is 5.53. The summed E-state index contributed by atoms with van der Waals surface area (Å²) in [6.45, 7) is 2.89. The highest BCUT2D eigenvalue weighted by Crippen LogP contribution is 2.12. The SMILES string of the molecule is Cc1nc(NCc2cccnc2)cc(C(=O)N(C)Cc2ccccc2)n1. The second-order valence-electron chi connectivity index (χ2n) is 6.05. The number of aryl methyl sites for hydroxylation is 1. The van der Waals surface area contributed by atoms with E-state index in [0.29, 0.717) is 30.4 Å². The third kappa shape index (κ3) is 4.63. The quantitative estimate of drug-likeness (QED) is 0.742. The van der Waals surface area contributed by atoms with Crippen LogP contribution in [0.15, 0.2) is 60.9 Å². The fraction of sp³-hybridized carbons (Fsp3) is 0.200. The number of nitrogens with one attached hydrogen (secondary N) is 1. The van der Waals surface area contributed by atoms with Gasteiger partial charge in [-0.1, -0.05) is 36.4 Å².